The van der Waals surface area contributed by atoms with E-state index in [-0.39, 0.29) is 0 Å². The Morgan fingerprint density at radius 2 is 0.893 bits per heavy atom. The molecule has 1 heterocycles. The molecule has 0 atom stereocenters. The van der Waals surface area contributed by atoms with Crippen molar-refractivity contribution in [2.75, 3.05) is 4.90 Å². The highest BCUT2D eigenvalue weighted by Gasteiger charge is 2.19. The molecule has 11 aromatic rings. The van der Waals surface area contributed by atoms with Crippen LogP contribution in [0.2, 0.25) is 0 Å². The molecule has 2 heteroatoms. The third-order valence-corrected chi connectivity index (χ3v) is 11.2. The number of furan rings is 1. The van der Waals surface area contributed by atoms with Crippen molar-refractivity contribution in [1.82, 2.24) is 0 Å². The first-order chi connectivity index (χ1) is 27.8. The Labute approximate surface area is 325 Å². The van der Waals surface area contributed by atoms with Gasteiger partial charge < -0.3 is 9.32 Å². The SMILES string of the molecule is c1cc(-c2cccc(N(c3ccc(-c4cccc5oc6ccccc6c45)cc3)c3cc4ccccc4c4ccccc34)c2)cc(-c2cccc3ccccc23)c1. The van der Waals surface area contributed by atoms with Crippen molar-refractivity contribution < 1.29 is 4.42 Å². The number of hydrogen-bond donors (Lipinski definition) is 0. The van der Waals surface area contributed by atoms with Gasteiger partial charge in [-0.15, -0.1) is 0 Å². The molecule has 0 amide bonds. The number of para-hydroxylation sites is 1. The summed E-state index contributed by atoms with van der Waals surface area (Å²) in [6, 6.07) is 76.6. The third kappa shape index (κ3) is 5.34. The molecule has 0 unspecified atom stereocenters. The second-order valence-electron chi connectivity index (χ2n) is 14.5. The first kappa shape index (κ1) is 32.0. The van der Waals surface area contributed by atoms with Crippen LogP contribution in [-0.2, 0) is 0 Å². The van der Waals surface area contributed by atoms with Crippen molar-refractivity contribution in [2.24, 2.45) is 0 Å². The van der Waals surface area contributed by atoms with Gasteiger partial charge in [0.05, 0.1) is 5.69 Å². The molecular weight excluding hydrogens is 679 g/mol. The zero-order valence-corrected chi connectivity index (χ0v) is 30.6. The molecule has 11 rings (SSSR count). The number of hydrogen-bond acceptors (Lipinski definition) is 2. The molecule has 0 aliphatic heterocycles. The fourth-order valence-electron chi connectivity index (χ4n) is 8.62. The lowest BCUT2D eigenvalue weighted by Gasteiger charge is -2.28. The van der Waals surface area contributed by atoms with Crippen LogP contribution < -0.4 is 4.90 Å². The maximum Gasteiger partial charge on any atom is 0.136 e. The number of nitrogens with zero attached hydrogens (tertiary/aromatic N) is 1. The molecule has 56 heavy (non-hydrogen) atoms. The molecule has 0 fully saturated rings. The van der Waals surface area contributed by atoms with Crippen molar-refractivity contribution in [1.29, 1.82) is 0 Å². The summed E-state index contributed by atoms with van der Waals surface area (Å²) in [5, 5.41) is 9.68. The largest absolute Gasteiger partial charge is 0.456 e. The minimum atomic E-state index is 0.901. The Morgan fingerprint density at radius 3 is 1.75 bits per heavy atom. The van der Waals surface area contributed by atoms with Gasteiger partial charge in [-0.05, 0) is 109 Å². The van der Waals surface area contributed by atoms with E-state index < -0.39 is 0 Å². The number of fused-ring (bicyclic) bond motifs is 7. The molecular formula is C54H35NO. The van der Waals surface area contributed by atoms with E-state index in [1.807, 2.05) is 12.1 Å². The van der Waals surface area contributed by atoms with Crippen molar-refractivity contribution in [3.8, 4) is 33.4 Å². The molecule has 0 aliphatic rings. The summed E-state index contributed by atoms with van der Waals surface area (Å²) in [6.07, 6.45) is 0. The predicted octanol–water partition coefficient (Wildman–Crippen LogP) is 15.5. The topological polar surface area (TPSA) is 16.4 Å². The Balaban J connectivity index is 1.08. The first-order valence-electron chi connectivity index (χ1n) is 19.2. The molecule has 1 aromatic heterocycles. The van der Waals surface area contributed by atoms with Gasteiger partial charge in [-0.2, -0.15) is 0 Å². The molecule has 0 radical (unpaired) electrons. The normalized spacial score (nSPS) is 11.6. The highest BCUT2D eigenvalue weighted by molar-refractivity contribution is 6.15. The van der Waals surface area contributed by atoms with Gasteiger partial charge >= 0.3 is 0 Å². The van der Waals surface area contributed by atoms with E-state index in [4.69, 9.17) is 4.42 Å². The minimum absolute atomic E-state index is 0.901. The average Bonchev–Trinajstić information content (AvgIpc) is 3.66. The fourth-order valence-corrected chi connectivity index (χ4v) is 8.62. The van der Waals surface area contributed by atoms with E-state index in [0.29, 0.717) is 0 Å². The fraction of sp³-hybridized carbons (Fsp3) is 0. The lowest BCUT2D eigenvalue weighted by molar-refractivity contribution is 0.669. The molecule has 2 nitrogen and oxygen atoms in total. The highest BCUT2D eigenvalue weighted by Crippen LogP contribution is 2.44. The lowest BCUT2D eigenvalue weighted by Crippen LogP contribution is -2.10. The van der Waals surface area contributed by atoms with E-state index in [0.717, 1.165) is 55.7 Å². The molecule has 0 bridgehead atoms. The van der Waals surface area contributed by atoms with E-state index in [2.05, 4.69) is 205 Å². The summed E-state index contributed by atoms with van der Waals surface area (Å²) in [5.74, 6) is 0. The molecule has 0 spiro atoms. The van der Waals surface area contributed by atoms with Crippen molar-refractivity contribution in [3.05, 3.63) is 212 Å². The smallest absolute Gasteiger partial charge is 0.136 e. The molecule has 10 aromatic carbocycles. The van der Waals surface area contributed by atoms with Gasteiger partial charge in [-0.1, -0.05) is 164 Å². The van der Waals surface area contributed by atoms with E-state index in [9.17, 15) is 0 Å². The van der Waals surface area contributed by atoms with Crippen LogP contribution in [0.4, 0.5) is 17.1 Å². The monoisotopic (exact) mass is 713 g/mol. The highest BCUT2D eigenvalue weighted by atomic mass is 16.3. The summed E-state index contributed by atoms with van der Waals surface area (Å²) in [7, 11) is 0. The maximum absolute atomic E-state index is 6.26. The van der Waals surface area contributed by atoms with Crippen LogP contribution in [0.15, 0.2) is 217 Å². The first-order valence-corrected chi connectivity index (χ1v) is 19.2. The predicted molar refractivity (Wildman–Crippen MR) is 237 cm³/mol. The molecule has 0 N–H and O–H groups in total. The molecule has 262 valence electrons. The van der Waals surface area contributed by atoms with Gasteiger partial charge in [-0.3, -0.25) is 0 Å². The molecule has 0 saturated heterocycles. The number of anilines is 3. The van der Waals surface area contributed by atoms with Crippen LogP contribution in [0.25, 0.3) is 87.6 Å². The van der Waals surface area contributed by atoms with Gasteiger partial charge in [0.2, 0.25) is 0 Å². The van der Waals surface area contributed by atoms with Crippen LogP contribution >= 0.6 is 0 Å². The van der Waals surface area contributed by atoms with Crippen molar-refractivity contribution >= 4 is 71.3 Å². The summed E-state index contributed by atoms with van der Waals surface area (Å²) in [5.41, 5.74) is 12.2. The van der Waals surface area contributed by atoms with Gasteiger partial charge in [0.1, 0.15) is 11.2 Å². The minimum Gasteiger partial charge on any atom is -0.456 e. The Kier molecular flexibility index (Phi) is 7.53. The zero-order valence-electron chi connectivity index (χ0n) is 30.6. The number of rotatable bonds is 6. The van der Waals surface area contributed by atoms with Gasteiger partial charge in [0.15, 0.2) is 0 Å². The third-order valence-electron chi connectivity index (χ3n) is 11.2. The standard InChI is InChI=1S/C54H35NO/c1-3-20-44-36(13-1)15-11-25-45(44)40-18-9-16-38(33-40)39-17-10-19-43(34-39)55(51-35-41-14-2-4-21-46(41)48-22-5-6-23-49(48)51)42-31-29-37(30-32-42)47-26-12-28-53-54(47)50-24-7-8-27-52(50)56-53/h1-35H. The second kappa shape index (κ2) is 13.2. The summed E-state index contributed by atoms with van der Waals surface area (Å²) in [4.78, 5) is 2.42. The van der Waals surface area contributed by atoms with Gasteiger partial charge in [0, 0.05) is 27.5 Å². The molecule has 0 aliphatic carbocycles. The van der Waals surface area contributed by atoms with Crippen LogP contribution in [0.5, 0.6) is 0 Å². The van der Waals surface area contributed by atoms with E-state index >= 15 is 0 Å². The summed E-state index contributed by atoms with van der Waals surface area (Å²) >= 11 is 0. The zero-order chi connectivity index (χ0) is 37.0. The summed E-state index contributed by atoms with van der Waals surface area (Å²) in [6.45, 7) is 0. The van der Waals surface area contributed by atoms with Gasteiger partial charge in [-0.25, -0.2) is 0 Å². The number of benzene rings is 10. The maximum atomic E-state index is 6.26. The Morgan fingerprint density at radius 1 is 0.304 bits per heavy atom. The molecule has 0 saturated carbocycles. The van der Waals surface area contributed by atoms with Crippen molar-refractivity contribution in [2.45, 2.75) is 0 Å². The Hall–Kier alpha value is -7.42. The Bertz CT molecular complexity index is 3260. The lowest BCUT2D eigenvalue weighted by atomic mass is 9.95. The second-order valence-corrected chi connectivity index (χ2v) is 14.5. The summed E-state index contributed by atoms with van der Waals surface area (Å²) < 4.78 is 6.26. The quantitative estimate of drug-likeness (QED) is 0.160. The van der Waals surface area contributed by atoms with Crippen LogP contribution in [0.1, 0.15) is 0 Å². The average molecular weight is 714 g/mol. The van der Waals surface area contributed by atoms with Crippen LogP contribution in [0, 0.1) is 0 Å². The van der Waals surface area contributed by atoms with Gasteiger partial charge in [0.25, 0.3) is 0 Å². The van der Waals surface area contributed by atoms with Crippen molar-refractivity contribution in [3.63, 3.8) is 0 Å². The van der Waals surface area contributed by atoms with Crippen LogP contribution in [-0.4, -0.2) is 0 Å². The van der Waals surface area contributed by atoms with E-state index in [1.54, 1.807) is 0 Å². The van der Waals surface area contributed by atoms with Crippen LogP contribution in [0.3, 0.4) is 0 Å². The van der Waals surface area contributed by atoms with E-state index in [1.165, 1.54) is 49.0 Å².